The molecule has 0 aromatic heterocycles. The maximum atomic E-state index is 12.0. The minimum atomic E-state index is -0.100. The lowest BCUT2D eigenvalue weighted by Gasteiger charge is -2.10. The van der Waals surface area contributed by atoms with Gasteiger partial charge in [-0.3, -0.25) is 9.59 Å². The summed E-state index contributed by atoms with van der Waals surface area (Å²) in [6.07, 6.45) is 0.448. The van der Waals surface area contributed by atoms with Crippen LogP contribution in [0.5, 0.6) is 0 Å². The molecule has 0 saturated carbocycles. The van der Waals surface area contributed by atoms with Gasteiger partial charge in [0, 0.05) is 31.5 Å². The highest BCUT2D eigenvalue weighted by molar-refractivity contribution is 5.97. The summed E-state index contributed by atoms with van der Waals surface area (Å²) in [5, 5.41) is 2.86. The average Bonchev–Trinajstić information content (AvgIpc) is 2.59. The van der Waals surface area contributed by atoms with Crippen molar-refractivity contribution >= 4 is 11.7 Å². The maximum absolute atomic E-state index is 12.0. The standard InChI is InChI=1S/C20H24N2O2/c1-22(2)15-17-10-8-16(9-11-17)14-21-20(24)13-12-19(23)18-6-4-3-5-7-18/h3-11H,12-15H2,1-2H3,(H,21,24). The highest BCUT2D eigenvalue weighted by Gasteiger charge is 2.08. The summed E-state index contributed by atoms with van der Waals surface area (Å²) in [5.74, 6) is -0.101. The minimum absolute atomic E-state index is 0.00112. The van der Waals surface area contributed by atoms with Crippen LogP contribution in [-0.2, 0) is 17.9 Å². The van der Waals surface area contributed by atoms with Gasteiger partial charge < -0.3 is 10.2 Å². The van der Waals surface area contributed by atoms with E-state index in [0.717, 1.165) is 12.1 Å². The number of benzene rings is 2. The fraction of sp³-hybridized carbons (Fsp3) is 0.300. The van der Waals surface area contributed by atoms with Crippen molar-refractivity contribution < 1.29 is 9.59 Å². The number of carbonyl (C=O) groups is 2. The van der Waals surface area contributed by atoms with Crippen molar-refractivity contribution in [2.45, 2.75) is 25.9 Å². The topological polar surface area (TPSA) is 49.4 Å². The second-order valence-electron chi connectivity index (χ2n) is 6.12. The van der Waals surface area contributed by atoms with Crippen molar-refractivity contribution in [3.8, 4) is 0 Å². The molecule has 0 radical (unpaired) electrons. The molecule has 2 aromatic rings. The third kappa shape index (κ3) is 5.97. The van der Waals surface area contributed by atoms with Gasteiger partial charge in [-0.05, 0) is 25.2 Å². The van der Waals surface area contributed by atoms with Gasteiger partial charge in [0.1, 0.15) is 0 Å². The van der Waals surface area contributed by atoms with Crippen LogP contribution >= 0.6 is 0 Å². The van der Waals surface area contributed by atoms with Crippen molar-refractivity contribution in [3.05, 3.63) is 71.3 Å². The SMILES string of the molecule is CN(C)Cc1ccc(CNC(=O)CCC(=O)c2ccccc2)cc1. The minimum Gasteiger partial charge on any atom is -0.352 e. The molecule has 0 heterocycles. The molecule has 0 bridgehead atoms. The van der Waals surface area contributed by atoms with Crippen molar-refractivity contribution in [2.24, 2.45) is 0 Å². The van der Waals surface area contributed by atoms with E-state index in [1.807, 2.05) is 44.4 Å². The number of carbonyl (C=O) groups excluding carboxylic acids is 2. The third-order valence-electron chi connectivity index (χ3n) is 3.69. The van der Waals surface area contributed by atoms with Gasteiger partial charge in [-0.2, -0.15) is 0 Å². The first-order chi connectivity index (χ1) is 11.5. The summed E-state index contributed by atoms with van der Waals surface area (Å²) in [7, 11) is 4.07. The number of rotatable bonds is 8. The predicted octanol–water partition coefficient (Wildman–Crippen LogP) is 3.03. The Labute approximate surface area is 143 Å². The molecule has 2 rings (SSSR count). The zero-order valence-corrected chi connectivity index (χ0v) is 14.3. The van der Waals surface area contributed by atoms with Gasteiger partial charge in [0.25, 0.3) is 0 Å². The number of hydrogen-bond donors (Lipinski definition) is 1. The first-order valence-corrected chi connectivity index (χ1v) is 8.12. The quantitative estimate of drug-likeness (QED) is 0.759. The van der Waals surface area contributed by atoms with E-state index in [1.165, 1.54) is 5.56 Å². The number of ketones is 1. The smallest absolute Gasteiger partial charge is 0.220 e. The van der Waals surface area contributed by atoms with E-state index in [-0.39, 0.29) is 24.5 Å². The zero-order chi connectivity index (χ0) is 17.4. The number of hydrogen-bond acceptors (Lipinski definition) is 3. The summed E-state index contributed by atoms with van der Waals surface area (Å²) in [6.45, 7) is 1.38. The van der Waals surface area contributed by atoms with Crippen LogP contribution in [0.25, 0.3) is 0 Å². The van der Waals surface area contributed by atoms with Gasteiger partial charge in [-0.15, -0.1) is 0 Å². The van der Waals surface area contributed by atoms with E-state index < -0.39 is 0 Å². The molecule has 0 fully saturated rings. The zero-order valence-electron chi connectivity index (χ0n) is 14.3. The number of nitrogens with zero attached hydrogens (tertiary/aromatic N) is 1. The van der Waals surface area contributed by atoms with Crippen LogP contribution in [-0.4, -0.2) is 30.7 Å². The van der Waals surface area contributed by atoms with Gasteiger partial charge in [0.2, 0.25) is 5.91 Å². The third-order valence-corrected chi connectivity index (χ3v) is 3.69. The summed E-state index contributed by atoms with van der Waals surface area (Å²) >= 11 is 0. The Morgan fingerprint density at radius 2 is 1.50 bits per heavy atom. The van der Waals surface area contributed by atoms with Crippen LogP contribution in [0, 0.1) is 0 Å². The fourth-order valence-electron chi connectivity index (χ4n) is 2.41. The Bertz CT molecular complexity index is 664. The highest BCUT2D eigenvalue weighted by atomic mass is 16.2. The first-order valence-electron chi connectivity index (χ1n) is 8.12. The van der Waals surface area contributed by atoms with Gasteiger partial charge in [-0.25, -0.2) is 0 Å². The Hall–Kier alpha value is -2.46. The van der Waals surface area contributed by atoms with E-state index in [4.69, 9.17) is 0 Å². The van der Waals surface area contributed by atoms with Crippen LogP contribution < -0.4 is 5.32 Å². The van der Waals surface area contributed by atoms with Crippen molar-refractivity contribution in [2.75, 3.05) is 14.1 Å². The second kappa shape index (κ2) is 8.99. The van der Waals surface area contributed by atoms with E-state index in [0.29, 0.717) is 12.1 Å². The van der Waals surface area contributed by atoms with Gasteiger partial charge in [0.05, 0.1) is 0 Å². The fourth-order valence-corrected chi connectivity index (χ4v) is 2.41. The molecule has 0 saturated heterocycles. The molecule has 4 heteroatoms. The second-order valence-corrected chi connectivity index (χ2v) is 6.12. The largest absolute Gasteiger partial charge is 0.352 e. The van der Waals surface area contributed by atoms with Crippen LogP contribution in [0.15, 0.2) is 54.6 Å². The summed E-state index contributed by atoms with van der Waals surface area (Å²) in [6, 6.07) is 17.3. The molecule has 0 unspecified atom stereocenters. The van der Waals surface area contributed by atoms with Gasteiger partial charge in [-0.1, -0.05) is 54.6 Å². The van der Waals surface area contributed by atoms with Crippen molar-refractivity contribution in [3.63, 3.8) is 0 Å². The lowest BCUT2D eigenvalue weighted by atomic mass is 10.1. The molecule has 0 aliphatic rings. The Kier molecular flexibility index (Phi) is 6.70. The Morgan fingerprint density at radius 3 is 2.12 bits per heavy atom. The molecule has 0 atom stereocenters. The molecule has 1 amide bonds. The van der Waals surface area contributed by atoms with Crippen LogP contribution in [0.1, 0.15) is 34.3 Å². The summed E-state index contributed by atoms with van der Waals surface area (Å²) in [4.78, 5) is 26.0. The Morgan fingerprint density at radius 1 is 0.875 bits per heavy atom. The van der Waals surface area contributed by atoms with Gasteiger partial charge >= 0.3 is 0 Å². The lowest BCUT2D eigenvalue weighted by molar-refractivity contribution is -0.121. The van der Waals surface area contributed by atoms with Crippen LogP contribution in [0.2, 0.25) is 0 Å². The van der Waals surface area contributed by atoms with Crippen molar-refractivity contribution in [1.82, 2.24) is 10.2 Å². The normalized spacial score (nSPS) is 10.6. The molecule has 24 heavy (non-hydrogen) atoms. The molecule has 0 aliphatic carbocycles. The molecule has 0 aliphatic heterocycles. The predicted molar refractivity (Wildman–Crippen MR) is 95.7 cm³/mol. The molecular formula is C20H24N2O2. The number of nitrogens with one attached hydrogen (secondary N) is 1. The summed E-state index contributed by atoms with van der Waals surface area (Å²) in [5.41, 5.74) is 2.95. The van der Waals surface area contributed by atoms with Gasteiger partial charge in [0.15, 0.2) is 5.78 Å². The Balaban J connectivity index is 1.74. The lowest BCUT2D eigenvalue weighted by Crippen LogP contribution is -2.23. The van der Waals surface area contributed by atoms with Crippen LogP contribution in [0.3, 0.4) is 0 Å². The number of Topliss-reactive ketones (excluding diaryl/α,β-unsaturated/α-hetero) is 1. The van der Waals surface area contributed by atoms with E-state index in [9.17, 15) is 9.59 Å². The van der Waals surface area contributed by atoms with E-state index in [2.05, 4.69) is 22.3 Å². The number of amides is 1. The summed E-state index contributed by atoms with van der Waals surface area (Å²) < 4.78 is 0. The molecular weight excluding hydrogens is 300 g/mol. The molecule has 1 N–H and O–H groups in total. The van der Waals surface area contributed by atoms with E-state index in [1.54, 1.807) is 12.1 Å². The molecule has 126 valence electrons. The highest BCUT2D eigenvalue weighted by Crippen LogP contribution is 2.07. The molecule has 2 aromatic carbocycles. The molecule has 0 spiro atoms. The van der Waals surface area contributed by atoms with E-state index >= 15 is 0 Å². The van der Waals surface area contributed by atoms with Crippen LogP contribution in [0.4, 0.5) is 0 Å². The first kappa shape index (κ1) is 17.9. The monoisotopic (exact) mass is 324 g/mol. The maximum Gasteiger partial charge on any atom is 0.220 e. The average molecular weight is 324 g/mol. The van der Waals surface area contributed by atoms with Crippen molar-refractivity contribution in [1.29, 1.82) is 0 Å². The molecule has 4 nitrogen and oxygen atoms in total.